The number of nitrogens with zero attached hydrogens (tertiary/aromatic N) is 5. The molecule has 4 heterocycles. The molecule has 0 aliphatic carbocycles. The Morgan fingerprint density at radius 3 is 2.66 bits per heavy atom. The molecule has 0 bridgehead atoms. The van der Waals surface area contributed by atoms with Crippen molar-refractivity contribution in [1.82, 2.24) is 14.5 Å². The van der Waals surface area contributed by atoms with E-state index in [1.165, 1.54) is 0 Å². The van der Waals surface area contributed by atoms with E-state index in [4.69, 9.17) is 14.2 Å². The van der Waals surface area contributed by atoms with E-state index in [0.717, 1.165) is 43.4 Å². The van der Waals surface area contributed by atoms with Crippen LogP contribution in [0.2, 0.25) is 0 Å². The zero-order chi connectivity index (χ0) is 20.2. The number of aromatic nitrogens is 3. The number of hydrogen-bond acceptors (Lipinski definition) is 8. The van der Waals surface area contributed by atoms with Gasteiger partial charge in [0.2, 0.25) is 5.88 Å². The molecule has 4 rings (SSSR count). The van der Waals surface area contributed by atoms with E-state index in [2.05, 4.69) is 25.8 Å². The van der Waals surface area contributed by atoms with Crippen molar-refractivity contribution in [3.05, 3.63) is 40.6 Å². The van der Waals surface area contributed by atoms with Crippen molar-refractivity contribution < 1.29 is 14.2 Å². The molecule has 2 aromatic rings. The van der Waals surface area contributed by atoms with Gasteiger partial charge >= 0.3 is 5.69 Å². The van der Waals surface area contributed by atoms with Crippen LogP contribution in [0.5, 0.6) is 5.88 Å². The second kappa shape index (κ2) is 8.79. The van der Waals surface area contributed by atoms with Crippen LogP contribution >= 0.6 is 0 Å². The average molecular weight is 401 g/mol. The van der Waals surface area contributed by atoms with Gasteiger partial charge in [0.25, 0.3) is 0 Å². The van der Waals surface area contributed by atoms with Gasteiger partial charge in [-0.05, 0) is 19.1 Å². The molecule has 2 aromatic heterocycles. The van der Waals surface area contributed by atoms with Crippen molar-refractivity contribution in [2.75, 3.05) is 62.4 Å². The topological polar surface area (TPSA) is 82.0 Å². The van der Waals surface area contributed by atoms with Crippen LogP contribution in [0.25, 0.3) is 0 Å². The molecule has 29 heavy (non-hydrogen) atoms. The van der Waals surface area contributed by atoms with Gasteiger partial charge in [-0.1, -0.05) is 0 Å². The first kappa shape index (κ1) is 19.7. The summed E-state index contributed by atoms with van der Waals surface area (Å²) in [5.41, 5.74) is 1.80. The molecule has 0 spiro atoms. The lowest BCUT2D eigenvalue weighted by atomic mass is 10.2. The Labute approximate surface area is 169 Å². The minimum atomic E-state index is -0.330. The van der Waals surface area contributed by atoms with Crippen molar-refractivity contribution in [1.29, 1.82) is 0 Å². The first-order chi connectivity index (χ1) is 14.1. The van der Waals surface area contributed by atoms with Crippen LogP contribution in [-0.4, -0.2) is 73.2 Å². The molecule has 2 saturated heterocycles. The van der Waals surface area contributed by atoms with Crippen LogP contribution in [0.4, 0.5) is 11.5 Å². The van der Waals surface area contributed by atoms with E-state index in [1.807, 2.05) is 25.3 Å². The van der Waals surface area contributed by atoms with Gasteiger partial charge in [0, 0.05) is 45.0 Å². The van der Waals surface area contributed by atoms with Gasteiger partial charge < -0.3 is 24.0 Å². The zero-order valence-corrected chi connectivity index (χ0v) is 16.9. The van der Waals surface area contributed by atoms with E-state index in [0.29, 0.717) is 32.3 Å². The fourth-order valence-corrected chi connectivity index (χ4v) is 3.54. The van der Waals surface area contributed by atoms with E-state index < -0.39 is 0 Å². The van der Waals surface area contributed by atoms with Gasteiger partial charge in [-0.15, -0.1) is 0 Å². The number of rotatable bonds is 5. The number of ether oxygens (including phenoxy) is 3. The quantitative estimate of drug-likeness (QED) is 0.721. The fraction of sp³-hybridized carbons (Fsp3) is 0.550. The Hall–Kier alpha value is -2.65. The maximum absolute atomic E-state index is 12.3. The molecule has 0 N–H and O–H groups in total. The molecular weight excluding hydrogens is 374 g/mol. The molecular formula is C20H27N5O4. The van der Waals surface area contributed by atoms with E-state index in [-0.39, 0.29) is 11.8 Å². The maximum atomic E-state index is 12.3. The van der Waals surface area contributed by atoms with Gasteiger partial charge in [-0.2, -0.15) is 4.98 Å². The second-order valence-electron chi connectivity index (χ2n) is 7.30. The van der Waals surface area contributed by atoms with Crippen molar-refractivity contribution in [3.8, 4) is 5.88 Å². The summed E-state index contributed by atoms with van der Waals surface area (Å²) in [7, 11) is 1.74. The third-order valence-electron chi connectivity index (χ3n) is 5.26. The van der Waals surface area contributed by atoms with Crippen molar-refractivity contribution in [2.45, 2.75) is 13.0 Å². The number of anilines is 2. The monoisotopic (exact) mass is 401 g/mol. The minimum absolute atomic E-state index is 0.135. The van der Waals surface area contributed by atoms with E-state index >= 15 is 0 Å². The fourth-order valence-electron chi connectivity index (χ4n) is 3.54. The lowest BCUT2D eigenvalue weighted by molar-refractivity contribution is -0.102. The Bertz CT molecular complexity index is 871. The summed E-state index contributed by atoms with van der Waals surface area (Å²) in [6.45, 7) is 7.25. The highest BCUT2D eigenvalue weighted by atomic mass is 16.6. The highest BCUT2D eigenvalue weighted by molar-refractivity contribution is 5.49. The summed E-state index contributed by atoms with van der Waals surface area (Å²) >= 11 is 0. The standard InChI is InChI=1S/C20H27N5O4/c1-15-3-4-16(12-21-15)24-5-7-25(8-6-24)19-11-18(22-20(26)23(19)2)29-14-17-13-27-9-10-28-17/h3-4,11-12,17H,5-10,13-14H2,1-2H3/t17-/m1/s1. The van der Waals surface area contributed by atoms with Gasteiger partial charge in [-0.25, -0.2) is 4.79 Å². The Balaban J connectivity index is 1.42. The summed E-state index contributed by atoms with van der Waals surface area (Å²) in [6, 6.07) is 5.95. The Morgan fingerprint density at radius 2 is 1.97 bits per heavy atom. The molecule has 1 atom stereocenters. The van der Waals surface area contributed by atoms with Gasteiger partial charge in [-0.3, -0.25) is 9.55 Å². The molecule has 9 heteroatoms. The first-order valence-corrected chi connectivity index (χ1v) is 9.93. The van der Waals surface area contributed by atoms with Gasteiger partial charge in [0.15, 0.2) is 0 Å². The number of aryl methyl sites for hydroxylation is 1. The summed E-state index contributed by atoms with van der Waals surface area (Å²) in [5.74, 6) is 1.13. The van der Waals surface area contributed by atoms with Crippen LogP contribution in [-0.2, 0) is 16.5 Å². The third kappa shape index (κ3) is 4.68. The third-order valence-corrected chi connectivity index (χ3v) is 5.26. The number of pyridine rings is 1. The predicted octanol–water partition coefficient (Wildman–Crippen LogP) is 0.605. The summed E-state index contributed by atoms with van der Waals surface area (Å²) in [4.78, 5) is 25.2. The SMILES string of the molecule is Cc1ccc(N2CCN(c3cc(OC[C@H]4COCCO4)nc(=O)n3C)CC2)cn1. The average Bonchev–Trinajstić information content (AvgIpc) is 2.76. The highest BCUT2D eigenvalue weighted by Crippen LogP contribution is 2.21. The van der Waals surface area contributed by atoms with Crippen molar-refractivity contribution in [3.63, 3.8) is 0 Å². The highest BCUT2D eigenvalue weighted by Gasteiger charge is 2.21. The lowest BCUT2D eigenvalue weighted by Gasteiger charge is -2.37. The maximum Gasteiger partial charge on any atom is 0.352 e. The van der Waals surface area contributed by atoms with Crippen molar-refractivity contribution in [2.24, 2.45) is 7.05 Å². The molecule has 0 aromatic carbocycles. The molecule has 2 aliphatic rings. The molecule has 2 aliphatic heterocycles. The van der Waals surface area contributed by atoms with Crippen LogP contribution in [0.3, 0.4) is 0 Å². The molecule has 0 amide bonds. The molecule has 0 saturated carbocycles. The van der Waals surface area contributed by atoms with Crippen LogP contribution in [0, 0.1) is 6.92 Å². The normalized spacial score (nSPS) is 20.0. The van der Waals surface area contributed by atoms with Crippen LogP contribution in [0.15, 0.2) is 29.2 Å². The van der Waals surface area contributed by atoms with E-state index in [9.17, 15) is 4.79 Å². The second-order valence-corrected chi connectivity index (χ2v) is 7.30. The molecule has 0 radical (unpaired) electrons. The largest absolute Gasteiger partial charge is 0.475 e. The Morgan fingerprint density at radius 1 is 1.17 bits per heavy atom. The summed E-state index contributed by atoms with van der Waals surface area (Å²) in [5, 5.41) is 0. The number of piperazine rings is 1. The zero-order valence-electron chi connectivity index (χ0n) is 16.9. The number of hydrogen-bond donors (Lipinski definition) is 0. The Kier molecular flexibility index (Phi) is 5.96. The molecule has 0 unspecified atom stereocenters. The summed E-state index contributed by atoms with van der Waals surface area (Å²) in [6.07, 6.45) is 1.78. The first-order valence-electron chi connectivity index (χ1n) is 9.93. The van der Waals surface area contributed by atoms with Crippen LogP contribution < -0.4 is 20.2 Å². The van der Waals surface area contributed by atoms with E-state index in [1.54, 1.807) is 11.6 Å². The smallest absolute Gasteiger partial charge is 0.352 e. The van der Waals surface area contributed by atoms with Gasteiger partial charge in [0.1, 0.15) is 18.5 Å². The predicted molar refractivity (Wildman–Crippen MR) is 109 cm³/mol. The van der Waals surface area contributed by atoms with Gasteiger partial charge in [0.05, 0.1) is 31.7 Å². The molecule has 2 fully saturated rings. The molecule has 9 nitrogen and oxygen atoms in total. The minimum Gasteiger partial charge on any atom is -0.475 e. The van der Waals surface area contributed by atoms with Crippen molar-refractivity contribution >= 4 is 11.5 Å². The van der Waals surface area contributed by atoms with Crippen LogP contribution in [0.1, 0.15) is 5.69 Å². The lowest BCUT2D eigenvalue weighted by Crippen LogP contribution is -2.48. The molecule has 156 valence electrons. The summed E-state index contributed by atoms with van der Waals surface area (Å²) < 4.78 is 18.3.